The third kappa shape index (κ3) is 2.12. The highest BCUT2D eigenvalue weighted by molar-refractivity contribution is 5.33. The number of aryl methyl sites for hydroxylation is 1. The van der Waals surface area contributed by atoms with Gasteiger partial charge in [-0.1, -0.05) is 29.8 Å². The summed E-state index contributed by atoms with van der Waals surface area (Å²) in [5, 5.41) is 10.6. The fourth-order valence-corrected chi connectivity index (χ4v) is 1.99. The lowest BCUT2D eigenvalue weighted by atomic mass is 9.85. The molecule has 1 aliphatic rings. The van der Waals surface area contributed by atoms with Gasteiger partial charge in [0.25, 0.3) is 0 Å². The van der Waals surface area contributed by atoms with Crippen molar-refractivity contribution in [3.63, 3.8) is 0 Å². The van der Waals surface area contributed by atoms with Crippen molar-refractivity contribution < 1.29 is 9.84 Å². The Balaban J connectivity index is 2.30. The van der Waals surface area contributed by atoms with Crippen LogP contribution in [0.25, 0.3) is 0 Å². The van der Waals surface area contributed by atoms with Crippen molar-refractivity contribution in [2.24, 2.45) is 0 Å². The molecule has 0 saturated carbocycles. The second-order valence-electron chi connectivity index (χ2n) is 4.56. The molecule has 1 aromatic carbocycles. The van der Waals surface area contributed by atoms with Crippen LogP contribution < -0.4 is 0 Å². The van der Waals surface area contributed by atoms with Crippen molar-refractivity contribution in [1.82, 2.24) is 0 Å². The maximum absolute atomic E-state index is 10.6. The van der Waals surface area contributed by atoms with E-state index < -0.39 is 5.60 Å². The van der Waals surface area contributed by atoms with Crippen LogP contribution in [-0.2, 0) is 10.3 Å². The molecule has 0 spiro atoms. The highest BCUT2D eigenvalue weighted by Gasteiger charge is 2.29. The molecule has 0 aromatic heterocycles. The molecule has 16 heavy (non-hydrogen) atoms. The zero-order valence-corrected chi connectivity index (χ0v) is 9.86. The first-order valence-electron chi connectivity index (χ1n) is 5.71. The monoisotopic (exact) mass is 218 g/mol. The summed E-state index contributed by atoms with van der Waals surface area (Å²) in [4.78, 5) is 0. The van der Waals surface area contributed by atoms with E-state index in [9.17, 15) is 5.11 Å². The zero-order valence-electron chi connectivity index (χ0n) is 9.86. The summed E-state index contributed by atoms with van der Waals surface area (Å²) in [5.74, 6) is 0. The third-order valence-corrected chi connectivity index (χ3v) is 3.17. The van der Waals surface area contributed by atoms with Gasteiger partial charge >= 0.3 is 0 Å². The predicted octanol–water partition coefficient (Wildman–Crippen LogP) is 2.90. The number of hydrogen-bond acceptors (Lipinski definition) is 2. The van der Waals surface area contributed by atoms with E-state index in [0.29, 0.717) is 0 Å². The molecular weight excluding hydrogens is 200 g/mol. The topological polar surface area (TPSA) is 29.5 Å². The number of ether oxygens (including phenoxy) is 1. The Bertz CT molecular complexity index is 388. The van der Waals surface area contributed by atoms with Crippen LogP contribution >= 0.6 is 0 Å². The molecule has 0 saturated heterocycles. The lowest BCUT2D eigenvalue weighted by Crippen LogP contribution is -2.26. The number of hydrogen-bond donors (Lipinski definition) is 1. The molecule has 1 atom stereocenters. The van der Waals surface area contributed by atoms with Crippen LogP contribution in [-0.4, -0.2) is 11.7 Å². The minimum Gasteiger partial charge on any atom is -0.501 e. The second-order valence-corrected chi connectivity index (χ2v) is 4.56. The molecule has 0 fully saturated rings. The average molecular weight is 218 g/mol. The van der Waals surface area contributed by atoms with E-state index in [1.165, 1.54) is 5.56 Å². The van der Waals surface area contributed by atoms with Gasteiger partial charge in [0.05, 0.1) is 12.9 Å². The highest BCUT2D eigenvalue weighted by Crippen LogP contribution is 2.33. The molecule has 86 valence electrons. The molecule has 1 N–H and O–H groups in total. The van der Waals surface area contributed by atoms with Crippen LogP contribution in [0.3, 0.4) is 0 Å². The molecule has 0 aliphatic carbocycles. The first kappa shape index (κ1) is 11.2. The molecule has 0 radical (unpaired) electrons. The highest BCUT2D eigenvalue weighted by atomic mass is 16.5. The lowest BCUT2D eigenvalue weighted by Gasteiger charge is -2.29. The lowest BCUT2D eigenvalue weighted by molar-refractivity contribution is 0.0785. The number of aliphatic hydroxyl groups is 1. The summed E-state index contributed by atoms with van der Waals surface area (Å²) in [5.41, 5.74) is 2.18. The Morgan fingerprint density at radius 3 is 2.50 bits per heavy atom. The van der Waals surface area contributed by atoms with E-state index in [-0.39, 0.29) is 0 Å². The van der Waals surface area contributed by atoms with E-state index in [1.807, 2.05) is 38.1 Å². The van der Waals surface area contributed by atoms with E-state index in [0.717, 1.165) is 30.6 Å². The molecular formula is C14H18O2. The number of benzene rings is 1. The van der Waals surface area contributed by atoms with Crippen molar-refractivity contribution >= 4 is 0 Å². The first-order chi connectivity index (χ1) is 7.60. The fourth-order valence-electron chi connectivity index (χ4n) is 1.99. The van der Waals surface area contributed by atoms with Crippen LogP contribution in [0.4, 0.5) is 0 Å². The summed E-state index contributed by atoms with van der Waals surface area (Å²) in [6, 6.07) is 8.00. The molecule has 0 amide bonds. The third-order valence-electron chi connectivity index (χ3n) is 3.17. The minimum atomic E-state index is -0.909. The Labute approximate surface area is 96.6 Å². The Hall–Kier alpha value is -1.28. The van der Waals surface area contributed by atoms with Gasteiger partial charge in [-0.05, 0) is 37.8 Å². The summed E-state index contributed by atoms with van der Waals surface area (Å²) in [6.45, 7) is 4.63. The maximum atomic E-state index is 10.6. The first-order valence-corrected chi connectivity index (χ1v) is 5.71. The largest absolute Gasteiger partial charge is 0.501 e. The van der Waals surface area contributed by atoms with Gasteiger partial charge < -0.3 is 9.84 Å². The Morgan fingerprint density at radius 2 is 1.94 bits per heavy atom. The predicted molar refractivity (Wildman–Crippen MR) is 64.0 cm³/mol. The van der Waals surface area contributed by atoms with Crippen molar-refractivity contribution in [3.8, 4) is 0 Å². The van der Waals surface area contributed by atoms with Gasteiger partial charge in [0.2, 0.25) is 0 Å². The van der Waals surface area contributed by atoms with Crippen LogP contribution in [0, 0.1) is 6.92 Å². The Kier molecular flexibility index (Phi) is 3.01. The van der Waals surface area contributed by atoms with E-state index >= 15 is 0 Å². The summed E-state index contributed by atoms with van der Waals surface area (Å²) in [6.07, 6.45) is 3.60. The molecule has 1 aliphatic heterocycles. The van der Waals surface area contributed by atoms with Crippen molar-refractivity contribution in [2.45, 2.75) is 32.3 Å². The van der Waals surface area contributed by atoms with E-state index in [2.05, 4.69) is 0 Å². The van der Waals surface area contributed by atoms with Crippen molar-refractivity contribution in [3.05, 3.63) is 47.2 Å². The molecule has 1 heterocycles. The van der Waals surface area contributed by atoms with Gasteiger partial charge in [-0.3, -0.25) is 0 Å². The summed E-state index contributed by atoms with van der Waals surface area (Å²) >= 11 is 0. The number of rotatable bonds is 2. The van der Waals surface area contributed by atoms with Crippen molar-refractivity contribution in [2.75, 3.05) is 6.61 Å². The second kappa shape index (κ2) is 4.30. The average Bonchev–Trinajstić information content (AvgIpc) is 2.31. The van der Waals surface area contributed by atoms with Gasteiger partial charge in [0.15, 0.2) is 0 Å². The van der Waals surface area contributed by atoms with Crippen LogP contribution in [0.1, 0.15) is 30.9 Å². The molecule has 2 rings (SSSR count). The van der Waals surface area contributed by atoms with Crippen LogP contribution in [0.15, 0.2) is 36.1 Å². The van der Waals surface area contributed by atoms with Gasteiger partial charge in [-0.25, -0.2) is 0 Å². The quantitative estimate of drug-likeness (QED) is 0.827. The van der Waals surface area contributed by atoms with Gasteiger partial charge in [-0.2, -0.15) is 0 Å². The van der Waals surface area contributed by atoms with Gasteiger partial charge in [-0.15, -0.1) is 0 Å². The molecule has 1 aromatic rings. The van der Waals surface area contributed by atoms with Crippen LogP contribution in [0.2, 0.25) is 0 Å². The van der Waals surface area contributed by atoms with Crippen LogP contribution in [0.5, 0.6) is 0 Å². The molecule has 1 unspecified atom stereocenters. The smallest absolute Gasteiger partial charge is 0.111 e. The Morgan fingerprint density at radius 1 is 1.25 bits per heavy atom. The van der Waals surface area contributed by atoms with Gasteiger partial charge in [0, 0.05) is 0 Å². The molecule has 2 nitrogen and oxygen atoms in total. The van der Waals surface area contributed by atoms with E-state index in [1.54, 1.807) is 6.26 Å². The molecule has 0 bridgehead atoms. The van der Waals surface area contributed by atoms with E-state index in [4.69, 9.17) is 4.74 Å². The normalized spacial score (nSPS) is 19.6. The van der Waals surface area contributed by atoms with Crippen molar-refractivity contribution in [1.29, 1.82) is 0 Å². The zero-order chi connectivity index (χ0) is 11.6. The SMILES string of the molecule is Cc1ccc(C(C)(O)C2=COCCC2)cc1. The summed E-state index contributed by atoms with van der Waals surface area (Å²) < 4.78 is 5.29. The maximum Gasteiger partial charge on any atom is 0.111 e. The minimum absolute atomic E-state index is 0.757. The fraction of sp³-hybridized carbons (Fsp3) is 0.429. The standard InChI is InChI=1S/C14H18O2/c1-11-5-7-12(8-6-11)14(2,15)13-4-3-9-16-10-13/h5-8,10,15H,3-4,9H2,1-2H3. The van der Waals surface area contributed by atoms with Gasteiger partial charge in [0.1, 0.15) is 5.60 Å². The summed E-state index contributed by atoms with van der Waals surface area (Å²) in [7, 11) is 0. The molecule has 2 heteroatoms.